The van der Waals surface area contributed by atoms with Crippen LogP contribution in [0.25, 0.3) is 0 Å². The number of benzene rings is 2. The van der Waals surface area contributed by atoms with E-state index in [0.29, 0.717) is 31.7 Å². The van der Waals surface area contributed by atoms with Gasteiger partial charge >= 0.3 is 6.03 Å². The zero-order chi connectivity index (χ0) is 28.5. The Morgan fingerprint density at radius 2 is 1.51 bits per heavy atom. The smallest absolute Gasteiger partial charge is 0.328 e. The first-order valence-corrected chi connectivity index (χ1v) is 13.6. The molecule has 0 spiro atoms. The van der Waals surface area contributed by atoms with E-state index in [9.17, 15) is 24.0 Å². The first-order valence-electron chi connectivity index (χ1n) is 13.6. The quantitative estimate of drug-likeness (QED) is 0.354. The van der Waals surface area contributed by atoms with Crippen LogP contribution in [0.5, 0.6) is 0 Å². The fourth-order valence-corrected chi connectivity index (χ4v) is 5.52. The molecule has 11 heteroatoms. The molecule has 1 aromatic heterocycles. The van der Waals surface area contributed by atoms with Gasteiger partial charge in [-0.3, -0.25) is 39.2 Å². The van der Waals surface area contributed by atoms with Crippen LogP contribution < -0.4 is 15.5 Å². The monoisotopic (exact) mass is 555 g/mol. The molecule has 0 unspecified atom stereocenters. The second-order valence-electron chi connectivity index (χ2n) is 10.3. The van der Waals surface area contributed by atoms with Crippen LogP contribution in [0.2, 0.25) is 0 Å². The zero-order valence-corrected chi connectivity index (χ0v) is 22.4. The summed E-state index contributed by atoms with van der Waals surface area (Å²) < 4.78 is 5.54. The van der Waals surface area contributed by atoms with Crippen molar-refractivity contribution in [1.82, 2.24) is 20.4 Å². The number of para-hydroxylation sites is 1. The second kappa shape index (κ2) is 11.1. The molecule has 2 N–H and O–H groups in total. The largest absolute Gasteiger partial charge is 0.447 e. The molecule has 3 aromatic rings. The maximum absolute atomic E-state index is 12.8. The van der Waals surface area contributed by atoms with Crippen molar-refractivity contribution in [1.29, 1.82) is 0 Å². The number of rotatable bonds is 7. The molecule has 6 rings (SSSR count). The topological polar surface area (TPSA) is 132 Å². The summed E-state index contributed by atoms with van der Waals surface area (Å²) in [6.45, 7) is 5.34. The molecule has 11 nitrogen and oxygen atoms in total. The second-order valence-corrected chi connectivity index (χ2v) is 10.3. The SMILES string of the molecule is O=C1CCN(c2ccccc2CN2CCN(CCNC(=O)c3cc4c(o3)C(=O)c3ccccc3C4=O)CC2)C(=O)N1. The summed E-state index contributed by atoms with van der Waals surface area (Å²) in [5, 5.41) is 5.22. The number of imide groups is 1. The van der Waals surface area contributed by atoms with Crippen LogP contribution in [-0.2, 0) is 11.3 Å². The van der Waals surface area contributed by atoms with Gasteiger partial charge in [-0.1, -0.05) is 42.5 Å². The number of furan rings is 1. The predicted octanol–water partition coefficient (Wildman–Crippen LogP) is 2.05. The summed E-state index contributed by atoms with van der Waals surface area (Å²) in [7, 11) is 0. The average Bonchev–Trinajstić information content (AvgIpc) is 3.44. The van der Waals surface area contributed by atoms with Gasteiger partial charge in [0.05, 0.1) is 5.56 Å². The molecule has 41 heavy (non-hydrogen) atoms. The van der Waals surface area contributed by atoms with Gasteiger partial charge in [0.1, 0.15) is 0 Å². The molecule has 2 aromatic carbocycles. The van der Waals surface area contributed by atoms with Gasteiger partial charge in [0.2, 0.25) is 11.7 Å². The Morgan fingerprint density at radius 1 is 0.829 bits per heavy atom. The van der Waals surface area contributed by atoms with Crippen LogP contribution in [0.3, 0.4) is 0 Å². The van der Waals surface area contributed by atoms with Gasteiger partial charge in [0.25, 0.3) is 5.91 Å². The van der Waals surface area contributed by atoms with Crippen LogP contribution in [0.15, 0.2) is 59.0 Å². The number of nitrogens with one attached hydrogen (secondary N) is 2. The van der Waals surface area contributed by atoms with E-state index in [2.05, 4.69) is 20.4 Å². The van der Waals surface area contributed by atoms with Gasteiger partial charge in [0.15, 0.2) is 17.3 Å². The highest BCUT2D eigenvalue weighted by Gasteiger charge is 2.34. The number of carbonyl (C=O) groups excluding carboxylic acids is 5. The Hall–Kier alpha value is -4.61. The molecule has 0 bridgehead atoms. The van der Waals surface area contributed by atoms with Crippen molar-refractivity contribution >= 4 is 35.1 Å². The van der Waals surface area contributed by atoms with Gasteiger partial charge in [0, 0.05) is 81.7 Å². The van der Waals surface area contributed by atoms with Crippen LogP contribution in [0, 0.1) is 0 Å². The summed E-state index contributed by atoms with van der Waals surface area (Å²) in [6, 6.07) is 15.3. The lowest BCUT2D eigenvalue weighted by Crippen LogP contribution is -2.50. The lowest BCUT2D eigenvalue weighted by Gasteiger charge is -2.36. The highest BCUT2D eigenvalue weighted by Crippen LogP contribution is 2.29. The number of hydrogen-bond donors (Lipinski definition) is 2. The van der Waals surface area contributed by atoms with E-state index in [4.69, 9.17) is 4.42 Å². The third-order valence-electron chi connectivity index (χ3n) is 7.73. The highest BCUT2D eigenvalue weighted by atomic mass is 16.4. The Morgan fingerprint density at radius 3 is 2.27 bits per heavy atom. The van der Waals surface area contributed by atoms with Gasteiger partial charge in [-0.2, -0.15) is 0 Å². The number of carbonyl (C=O) groups is 5. The van der Waals surface area contributed by atoms with E-state index in [-0.39, 0.29) is 40.8 Å². The Kier molecular flexibility index (Phi) is 7.21. The molecule has 0 atom stereocenters. The number of hydrogen-bond acceptors (Lipinski definition) is 8. The number of ketones is 2. The summed E-state index contributed by atoms with van der Waals surface area (Å²) in [6.07, 6.45) is 0.280. The average molecular weight is 556 g/mol. The van der Waals surface area contributed by atoms with Crippen molar-refractivity contribution in [3.05, 3.63) is 88.4 Å². The molecule has 2 aliphatic heterocycles. The lowest BCUT2D eigenvalue weighted by molar-refractivity contribution is -0.120. The number of nitrogens with zero attached hydrogens (tertiary/aromatic N) is 3. The summed E-state index contributed by atoms with van der Waals surface area (Å²) in [4.78, 5) is 68.4. The maximum Gasteiger partial charge on any atom is 0.328 e. The molecule has 3 aliphatic rings. The van der Waals surface area contributed by atoms with E-state index in [1.54, 1.807) is 29.2 Å². The Balaban J connectivity index is 0.992. The van der Waals surface area contributed by atoms with E-state index in [0.717, 1.165) is 37.4 Å². The minimum atomic E-state index is -0.470. The van der Waals surface area contributed by atoms with Crippen molar-refractivity contribution in [2.24, 2.45) is 0 Å². The van der Waals surface area contributed by atoms with E-state index in [1.165, 1.54) is 6.07 Å². The van der Waals surface area contributed by atoms with Crippen molar-refractivity contribution in [2.45, 2.75) is 13.0 Å². The minimum Gasteiger partial charge on any atom is -0.447 e. The first-order chi connectivity index (χ1) is 19.9. The van der Waals surface area contributed by atoms with Crippen molar-refractivity contribution in [3.8, 4) is 0 Å². The number of fused-ring (bicyclic) bond motifs is 2. The third-order valence-corrected chi connectivity index (χ3v) is 7.73. The molecule has 2 saturated heterocycles. The zero-order valence-electron chi connectivity index (χ0n) is 22.4. The molecule has 4 amide bonds. The summed E-state index contributed by atoms with van der Waals surface area (Å²) >= 11 is 0. The lowest BCUT2D eigenvalue weighted by atomic mass is 9.89. The van der Waals surface area contributed by atoms with Gasteiger partial charge in [-0.05, 0) is 11.6 Å². The Bertz CT molecular complexity index is 1500. The fraction of sp³-hybridized carbons (Fsp3) is 0.300. The molecular weight excluding hydrogens is 526 g/mol. The number of urea groups is 1. The molecule has 0 saturated carbocycles. The molecule has 2 fully saturated rings. The van der Waals surface area contributed by atoms with E-state index >= 15 is 0 Å². The summed E-state index contributed by atoms with van der Waals surface area (Å²) in [5.41, 5.74) is 2.55. The van der Waals surface area contributed by atoms with Crippen LogP contribution in [0.1, 0.15) is 54.6 Å². The normalized spacial score (nSPS) is 17.7. The number of piperazine rings is 1. The third kappa shape index (κ3) is 5.29. The fourth-order valence-electron chi connectivity index (χ4n) is 5.52. The standard InChI is InChI=1S/C30H29N5O6/c36-25-9-11-35(30(40)32-25)23-8-4-1-5-19(23)18-34-15-13-33(14-16-34)12-10-31-29(39)24-17-22-26(37)20-6-2-3-7-21(20)27(38)28(22)41-24/h1-8,17H,9-16,18H2,(H,31,39)(H,32,36,40). The molecule has 1 aliphatic carbocycles. The maximum atomic E-state index is 12.8. The predicted molar refractivity (Wildman–Crippen MR) is 148 cm³/mol. The van der Waals surface area contributed by atoms with Crippen molar-refractivity contribution in [2.75, 3.05) is 50.7 Å². The van der Waals surface area contributed by atoms with Gasteiger partial charge < -0.3 is 9.73 Å². The van der Waals surface area contributed by atoms with Crippen LogP contribution in [-0.4, -0.2) is 85.0 Å². The van der Waals surface area contributed by atoms with Gasteiger partial charge in [-0.25, -0.2) is 4.79 Å². The van der Waals surface area contributed by atoms with Crippen molar-refractivity contribution in [3.63, 3.8) is 0 Å². The van der Waals surface area contributed by atoms with E-state index < -0.39 is 17.7 Å². The molecule has 210 valence electrons. The Labute approximate surface area is 236 Å². The molecule has 0 radical (unpaired) electrons. The minimum absolute atomic E-state index is 0.0558. The van der Waals surface area contributed by atoms with Gasteiger partial charge in [-0.15, -0.1) is 0 Å². The van der Waals surface area contributed by atoms with Crippen LogP contribution >= 0.6 is 0 Å². The molecular formula is C30H29N5O6. The number of anilines is 1. The first kappa shape index (κ1) is 26.6. The molecule has 3 heterocycles. The van der Waals surface area contributed by atoms with Crippen LogP contribution in [0.4, 0.5) is 10.5 Å². The number of amides is 4. The van der Waals surface area contributed by atoms with E-state index in [1.807, 2.05) is 24.3 Å². The summed E-state index contributed by atoms with van der Waals surface area (Å²) in [5.74, 6) is -1.60. The van der Waals surface area contributed by atoms with Crippen molar-refractivity contribution < 1.29 is 28.4 Å². The highest BCUT2D eigenvalue weighted by molar-refractivity contribution is 6.27.